The molecule has 88 valence electrons. The molecule has 5 heteroatoms. The highest BCUT2D eigenvalue weighted by Crippen LogP contribution is 2.18. The van der Waals surface area contributed by atoms with Gasteiger partial charge in [-0.2, -0.15) is 5.10 Å². The molecule has 2 rings (SSSR count). The summed E-state index contributed by atoms with van der Waals surface area (Å²) in [7, 11) is 0. The number of fused-ring (bicyclic) bond motifs is 1. The summed E-state index contributed by atoms with van der Waals surface area (Å²) in [6, 6.07) is 3.51. The van der Waals surface area contributed by atoms with Gasteiger partial charge in [0.25, 0.3) is 5.91 Å². The van der Waals surface area contributed by atoms with E-state index in [2.05, 4.69) is 15.5 Å². The van der Waals surface area contributed by atoms with Crippen molar-refractivity contribution in [2.24, 2.45) is 0 Å². The molecular formula is C12H13N3O2. The molecule has 0 atom stereocenters. The minimum atomic E-state index is -0.250. The minimum Gasteiger partial charge on any atom is -0.345 e. The van der Waals surface area contributed by atoms with E-state index in [4.69, 9.17) is 0 Å². The van der Waals surface area contributed by atoms with E-state index in [1.807, 2.05) is 6.92 Å². The summed E-state index contributed by atoms with van der Waals surface area (Å²) >= 11 is 0. The number of nitrogens with zero attached hydrogens (tertiary/aromatic N) is 1. The van der Waals surface area contributed by atoms with Crippen LogP contribution in [-0.2, 0) is 4.79 Å². The summed E-state index contributed by atoms with van der Waals surface area (Å²) in [5.74, 6) is -0.322. The van der Waals surface area contributed by atoms with Crippen LogP contribution in [-0.4, -0.2) is 28.4 Å². The Bertz CT molecular complexity index is 586. The van der Waals surface area contributed by atoms with Crippen molar-refractivity contribution in [3.63, 3.8) is 0 Å². The maximum absolute atomic E-state index is 11.8. The maximum Gasteiger partial charge on any atom is 0.251 e. The molecule has 0 bridgehead atoms. The molecule has 0 saturated heterocycles. The fourth-order valence-electron chi connectivity index (χ4n) is 1.67. The predicted octanol–water partition coefficient (Wildman–Crippen LogP) is 1.19. The molecular weight excluding hydrogens is 218 g/mol. The summed E-state index contributed by atoms with van der Waals surface area (Å²) in [4.78, 5) is 22.6. The normalized spacial score (nSPS) is 10.5. The minimum absolute atomic E-state index is 0.0545. The smallest absolute Gasteiger partial charge is 0.251 e. The molecule has 0 aliphatic rings. The third-order valence-electron chi connectivity index (χ3n) is 2.53. The first-order valence-corrected chi connectivity index (χ1v) is 5.29. The molecule has 1 aromatic heterocycles. The van der Waals surface area contributed by atoms with Gasteiger partial charge in [-0.25, -0.2) is 0 Å². The number of aromatic amines is 1. The number of hydrogen-bond acceptors (Lipinski definition) is 3. The van der Waals surface area contributed by atoms with E-state index >= 15 is 0 Å². The lowest BCUT2D eigenvalue weighted by atomic mass is 10.1. The maximum atomic E-state index is 11.8. The van der Waals surface area contributed by atoms with E-state index in [0.29, 0.717) is 5.56 Å². The fraction of sp³-hybridized carbons (Fsp3) is 0.250. The highest BCUT2D eigenvalue weighted by molar-refractivity contribution is 6.00. The number of carbonyl (C=O) groups excluding carboxylic acids is 2. The van der Waals surface area contributed by atoms with E-state index in [9.17, 15) is 9.59 Å². The lowest BCUT2D eigenvalue weighted by Gasteiger charge is -2.04. The monoisotopic (exact) mass is 231 g/mol. The number of amides is 1. The Hall–Kier alpha value is -2.17. The summed E-state index contributed by atoms with van der Waals surface area (Å²) in [5, 5.41) is 10.3. The Morgan fingerprint density at radius 3 is 2.88 bits per heavy atom. The largest absolute Gasteiger partial charge is 0.345 e. The second-order valence-corrected chi connectivity index (χ2v) is 4.01. The standard InChI is InChI=1S/C12H13N3O2/c1-7-3-9(12(17)13-5-8(2)16)4-11-10(7)6-14-15-11/h3-4,6H,5H2,1-2H3,(H,13,17)(H,14,15). The SMILES string of the molecule is CC(=O)CNC(=O)c1cc(C)c2cn[nH]c2c1. The van der Waals surface area contributed by atoms with Gasteiger partial charge in [0.2, 0.25) is 0 Å². The molecule has 0 unspecified atom stereocenters. The van der Waals surface area contributed by atoms with Gasteiger partial charge in [0, 0.05) is 10.9 Å². The first kappa shape index (κ1) is 11.3. The van der Waals surface area contributed by atoms with Crippen LogP contribution in [0.15, 0.2) is 18.3 Å². The summed E-state index contributed by atoms with van der Waals surface area (Å²) in [6.45, 7) is 3.40. The van der Waals surface area contributed by atoms with Crippen molar-refractivity contribution in [3.05, 3.63) is 29.5 Å². The molecule has 0 saturated carbocycles. The van der Waals surface area contributed by atoms with Crippen molar-refractivity contribution in [1.82, 2.24) is 15.5 Å². The van der Waals surface area contributed by atoms with E-state index in [1.54, 1.807) is 18.3 Å². The summed E-state index contributed by atoms with van der Waals surface area (Å²) in [5.41, 5.74) is 2.32. The number of aromatic nitrogens is 2. The third-order valence-corrected chi connectivity index (χ3v) is 2.53. The molecule has 1 amide bonds. The van der Waals surface area contributed by atoms with Gasteiger partial charge in [-0.1, -0.05) is 0 Å². The lowest BCUT2D eigenvalue weighted by Crippen LogP contribution is -2.28. The van der Waals surface area contributed by atoms with E-state index in [1.165, 1.54) is 6.92 Å². The average molecular weight is 231 g/mol. The van der Waals surface area contributed by atoms with Crippen LogP contribution in [0.1, 0.15) is 22.8 Å². The second-order valence-electron chi connectivity index (χ2n) is 4.01. The highest BCUT2D eigenvalue weighted by atomic mass is 16.2. The van der Waals surface area contributed by atoms with Crippen molar-refractivity contribution in [3.8, 4) is 0 Å². The van der Waals surface area contributed by atoms with Gasteiger partial charge < -0.3 is 5.32 Å². The number of nitrogens with one attached hydrogen (secondary N) is 2. The molecule has 0 aliphatic carbocycles. The van der Waals surface area contributed by atoms with Crippen LogP contribution < -0.4 is 5.32 Å². The Kier molecular flexibility index (Phi) is 2.91. The van der Waals surface area contributed by atoms with E-state index < -0.39 is 0 Å². The van der Waals surface area contributed by atoms with Gasteiger partial charge in [0.15, 0.2) is 0 Å². The van der Waals surface area contributed by atoms with Crippen molar-refractivity contribution >= 4 is 22.6 Å². The number of Topliss-reactive ketones (excluding diaryl/α,β-unsaturated/α-hetero) is 1. The topological polar surface area (TPSA) is 74.8 Å². The van der Waals surface area contributed by atoms with Gasteiger partial charge in [-0.3, -0.25) is 14.7 Å². The Balaban J connectivity index is 2.29. The molecule has 5 nitrogen and oxygen atoms in total. The first-order chi connectivity index (χ1) is 8.08. The zero-order chi connectivity index (χ0) is 12.4. The lowest BCUT2D eigenvalue weighted by molar-refractivity contribution is -0.116. The van der Waals surface area contributed by atoms with Crippen LogP contribution in [0.4, 0.5) is 0 Å². The number of aryl methyl sites for hydroxylation is 1. The number of carbonyl (C=O) groups is 2. The van der Waals surface area contributed by atoms with Crippen LogP contribution in [0.5, 0.6) is 0 Å². The Morgan fingerprint density at radius 2 is 2.18 bits per heavy atom. The van der Waals surface area contributed by atoms with Crippen molar-refractivity contribution in [1.29, 1.82) is 0 Å². The van der Waals surface area contributed by atoms with Crippen LogP contribution in [0.2, 0.25) is 0 Å². The van der Waals surface area contributed by atoms with E-state index in [0.717, 1.165) is 16.5 Å². The highest BCUT2D eigenvalue weighted by Gasteiger charge is 2.09. The zero-order valence-electron chi connectivity index (χ0n) is 9.70. The summed E-state index contributed by atoms with van der Waals surface area (Å²) in [6.07, 6.45) is 1.72. The van der Waals surface area contributed by atoms with E-state index in [-0.39, 0.29) is 18.2 Å². The van der Waals surface area contributed by atoms with Crippen LogP contribution in [0.25, 0.3) is 10.9 Å². The molecule has 2 aromatic rings. The average Bonchev–Trinajstić information content (AvgIpc) is 2.74. The zero-order valence-corrected chi connectivity index (χ0v) is 9.70. The fourth-order valence-corrected chi connectivity index (χ4v) is 1.67. The second kappa shape index (κ2) is 4.37. The Morgan fingerprint density at radius 1 is 1.41 bits per heavy atom. The molecule has 1 aromatic carbocycles. The van der Waals surface area contributed by atoms with Crippen molar-refractivity contribution in [2.45, 2.75) is 13.8 Å². The van der Waals surface area contributed by atoms with Gasteiger partial charge in [0.05, 0.1) is 18.3 Å². The number of hydrogen-bond donors (Lipinski definition) is 2. The van der Waals surface area contributed by atoms with Crippen molar-refractivity contribution in [2.75, 3.05) is 6.54 Å². The molecule has 17 heavy (non-hydrogen) atoms. The Labute approximate surface area is 98.2 Å². The predicted molar refractivity (Wildman–Crippen MR) is 63.8 cm³/mol. The van der Waals surface area contributed by atoms with Gasteiger partial charge in [-0.05, 0) is 31.5 Å². The molecule has 0 spiro atoms. The molecule has 1 heterocycles. The summed E-state index contributed by atoms with van der Waals surface area (Å²) < 4.78 is 0. The first-order valence-electron chi connectivity index (χ1n) is 5.29. The number of H-pyrrole nitrogens is 1. The number of rotatable bonds is 3. The molecule has 0 aliphatic heterocycles. The van der Waals surface area contributed by atoms with Crippen LogP contribution in [0, 0.1) is 6.92 Å². The van der Waals surface area contributed by atoms with Gasteiger partial charge in [0.1, 0.15) is 5.78 Å². The number of ketones is 1. The molecule has 2 N–H and O–H groups in total. The number of benzene rings is 1. The third kappa shape index (κ3) is 2.33. The van der Waals surface area contributed by atoms with Gasteiger partial charge >= 0.3 is 0 Å². The van der Waals surface area contributed by atoms with Crippen molar-refractivity contribution < 1.29 is 9.59 Å². The molecule has 0 radical (unpaired) electrons. The molecule has 0 fully saturated rings. The quantitative estimate of drug-likeness (QED) is 0.833. The van der Waals surface area contributed by atoms with Crippen LogP contribution >= 0.6 is 0 Å². The van der Waals surface area contributed by atoms with Gasteiger partial charge in [-0.15, -0.1) is 0 Å². The van der Waals surface area contributed by atoms with Crippen LogP contribution in [0.3, 0.4) is 0 Å².